The van der Waals surface area contributed by atoms with E-state index in [2.05, 4.69) is 121 Å². The van der Waals surface area contributed by atoms with Crippen LogP contribution in [-0.2, 0) is 0 Å². The van der Waals surface area contributed by atoms with Gasteiger partial charge in [0, 0.05) is 0 Å². The molecule has 3 aromatic rings. The topological polar surface area (TPSA) is 0 Å². The van der Waals surface area contributed by atoms with Gasteiger partial charge in [-0.15, -0.1) is 0 Å². The second-order valence-electron chi connectivity index (χ2n) is 5.65. The molecule has 1 atom stereocenters. The van der Waals surface area contributed by atoms with Crippen molar-refractivity contribution >= 4 is 55.7 Å². The van der Waals surface area contributed by atoms with Gasteiger partial charge >= 0.3 is 157 Å². The second kappa shape index (κ2) is 6.55. The summed E-state index contributed by atoms with van der Waals surface area (Å²) in [7, 11) is 0. The molecule has 3 aromatic carbocycles. The Labute approximate surface area is 156 Å². The summed E-state index contributed by atoms with van der Waals surface area (Å²) in [6, 6.07) is 31.8. The van der Waals surface area contributed by atoms with Crippen molar-refractivity contribution in [3.63, 3.8) is 0 Å². The standard InChI is InChI=1S/C20H19ClIP/c1-17(22)23(21,18-11-5-2-6-12-18,19-13-7-3-8-14-19)20-15-9-4-10-16-20/h2-17H,1H3. The van der Waals surface area contributed by atoms with Crippen molar-refractivity contribution in [2.24, 2.45) is 0 Å². The van der Waals surface area contributed by atoms with Crippen molar-refractivity contribution in [2.45, 2.75) is 10.6 Å². The van der Waals surface area contributed by atoms with E-state index in [1.54, 1.807) is 0 Å². The number of rotatable bonds is 4. The first kappa shape index (κ1) is 17.0. The molecule has 0 nitrogen and oxygen atoms in total. The average Bonchev–Trinajstić information content (AvgIpc) is 2.63. The first-order valence-electron chi connectivity index (χ1n) is 7.63. The van der Waals surface area contributed by atoms with Gasteiger partial charge in [0.05, 0.1) is 0 Å². The molecule has 0 bridgehead atoms. The van der Waals surface area contributed by atoms with Crippen LogP contribution in [0.5, 0.6) is 0 Å². The predicted octanol–water partition coefficient (Wildman–Crippen LogP) is 5.45. The van der Waals surface area contributed by atoms with E-state index in [1.165, 1.54) is 15.9 Å². The molecule has 118 valence electrons. The van der Waals surface area contributed by atoms with Gasteiger partial charge in [0.15, 0.2) is 0 Å². The Hall–Kier alpha value is -0.890. The van der Waals surface area contributed by atoms with E-state index in [9.17, 15) is 0 Å². The molecule has 0 heterocycles. The van der Waals surface area contributed by atoms with Gasteiger partial charge in [-0.05, 0) is 0 Å². The third-order valence-corrected chi connectivity index (χ3v) is 16.7. The van der Waals surface area contributed by atoms with Crippen LogP contribution in [0.4, 0.5) is 0 Å². The van der Waals surface area contributed by atoms with Crippen LogP contribution in [0, 0.1) is 0 Å². The van der Waals surface area contributed by atoms with E-state index < -0.39 is 5.96 Å². The third kappa shape index (κ3) is 2.54. The van der Waals surface area contributed by atoms with Crippen molar-refractivity contribution in [3.05, 3.63) is 91.0 Å². The van der Waals surface area contributed by atoms with Crippen molar-refractivity contribution in [2.75, 3.05) is 0 Å². The summed E-state index contributed by atoms with van der Waals surface area (Å²) in [6.07, 6.45) is 0. The van der Waals surface area contributed by atoms with Crippen molar-refractivity contribution < 1.29 is 0 Å². The van der Waals surface area contributed by atoms with Crippen LogP contribution >= 0.6 is 39.8 Å². The van der Waals surface area contributed by atoms with Gasteiger partial charge in [0.1, 0.15) is 0 Å². The molecule has 23 heavy (non-hydrogen) atoms. The molecule has 3 rings (SSSR count). The van der Waals surface area contributed by atoms with Crippen molar-refractivity contribution in [3.8, 4) is 0 Å². The molecule has 0 aromatic heterocycles. The first-order chi connectivity index (χ1) is 11.1. The summed E-state index contributed by atoms with van der Waals surface area (Å²) in [6.45, 7) is 2.23. The number of halogens is 2. The number of alkyl halides is 1. The molecule has 0 fully saturated rings. The molecule has 0 N–H and O–H groups in total. The Morgan fingerprint density at radius 3 is 1.13 bits per heavy atom. The molecule has 0 aliphatic rings. The maximum atomic E-state index is 7.83. The van der Waals surface area contributed by atoms with E-state index in [1.807, 2.05) is 0 Å². The zero-order chi connectivity index (χ0) is 16.4. The molecule has 0 spiro atoms. The molecular weight excluding hydrogens is 434 g/mol. The SMILES string of the molecule is CC(I)P(Cl)(c1ccccc1)(c1ccccc1)c1ccccc1. The summed E-state index contributed by atoms with van der Waals surface area (Å²) in [5.74, 6) is -3.05. The molecule has 1 unspecified atom stereocenters. The van der Waals surface area contributed by atoms with Crippen LogP contribution < -0.4 is 15.9 Å². The Morgan fingerprint density at radius 2 is 0.913 bits per heavy atom. The number of hydrogen-bond acceptors (Lipinski definition) is 0. The molecule has 0 aliphatic heterocycles. The molecule has 0 aliphatic carbocycles. The third-order valence-electron chi connectivity index (χ3n) is 4.45. The molecule has 0 saturated heterocycles. The van der Waals surface area contributed by atoms with E-state index in [4.69, 9.17) is 11.2 Å². The van der Waals surface area contributed by atoms with E-state index in [0.29, 0.717) is 0 Å². The van der Waals surface area contributed by atoms with Crippen molar-refractivity contribution in [1.82, 2.24) is 0 Å². The number of hydrogen-bond donors (Lipinski definition) is 0. The van der Waals surface area contributed by atoms with E-state index in [0.717, 1.165) is 0 Å². The van der Waals surface area contributed by atoms with Gasteiger partial charge in [0.25, 0.3) is 0 Å². The first-order valence-corrected chi connectivity index (χ1v) is 12.1. The summed E-state index contributed by atoms with van der Waals surface area (Å²) in [5.41, 5.74) is 0. The fourth-order valence-corrected chi connectivity index (χ4v) is 11.5. The minimum absolute atomic E-state index is 0.257. The zero-order valence-corrected chi connectivity index (χ0v) is 16.7. The summed E-state index contributed by atoms with van der Waals surface area (Å²) in [5, 5.41) is 3.67. The predicted molar refractivity (Wildman–Crippen MR) is 114 cm³/mol. The van der Waals surface area contributed by atoms with Gasteiger partial charge in [-0.25, -0.2) is 0 Å². The monoisotopic (exact) mass is 452 g/mol. The second-order valence-corrected chi connectivity index (χ2v) is 15.1. The normalized spacial score (nSPS) is 14.7. The zero-order valence-electron chi connectivity index (χ0n) is 12.9. The van der Waals surface area contributed by atoms with Gasteiger partial charge in [0.2, 0.25) is 0 Å². The minimum atomic E-state index is -3.05. The molecule has 0 radical (unpaired) electrons. The van der Waals surface area contributed by atoms with Crippen LogP contribution in [0.2, 0.25) is 0 Å². The van der Waals surface area contributed by atoms with Gasteiger partial charge in [-0.2, -0.15) is 0 Å². The Morgan fingerprint density at radius 1 is 0.652 bits per heavy atom. The molecular formula is C20H19ClIP. The maximum absolute atomic E-state index is 7.83. The fraction of sp³-hybridized carbons (Fsp3) is 0.100. The summed E-state index contributed by atoms with van der Waals surface area (Å²) >= 11 is 10.3. The van der Waals surface area contributed by atoms with Crippen LogP contribution in [0.25, 0.3) is 0 Å². The quantitative estimate of drug-likeness (QED) is 0.280. The molecule has 0 saturated carbocycles. The van der Waals surface area contributed by atoms with Crippen LogP contribution in [0.1, 0.15) is 6.92 Å². The van der Waals surface area contributed by atoms with Crippen LogP contribution in [0.15, 0.2) is 91.0 Å². The Bertz CT molecular complexity index is 673. The fourth-order valence-electron chi connectivity index (χ4n) is 3.22. The van der Waals surface area contributed by atoms with Crippen molar-refractivity contribution in [1.29, 1.82) is 0 Å². The van der Waals surface area contributed by atoms with Crippen LogP contribution in [-0.4, -0.2) is 3.67 Å². The van der Waals surface area contributed by atoms with Gasteiger partial charge < -0.3 is 0 Å². The van der Waals surface area contributed by atoms with Crippen LogP contribution in [0.3, 0.4) is 0 Å². The average molecular weight is 453 g/mol. The summed E-state index contributed by atoms with van der Waals surface area (Å²) < 4.78 is 0.257. The Balaban J connectivity index is 2.47. The van der Waals surface area contributed by atoms with E-state index in [-0.39, 0.29) is 3.67 Å². The van der Waals surface area contributed by atoms with E-state index >= 15 is 0 Å². The molecule has 3 heteroatoms. The Kier molecular flexibility index (Phi) is 4.83. The molecule has 0 amide bonds. The number of benzene rings is 3. The van der Waals surface area contributed by atoms with Gasteiger partial charge in [-0.3, -0.25) is 0 Å². The van der Waals surface area contributed by atoms with Gasteiger partial charge in [-0.1, -0.05) is 0 Å². The summed E-state index contributed by atoms with van der Waals surface area (Å²) in [4.78, 5) is 0.